The normalized spacial score (nSPS) is 11.6. The third kappa shape index (κ3) is 5.64. The predicted octanol–water partition coefficient (Wildman–Crippen LogP) is 4.69. The molecular weight excluding hydrogens is 418 g/mol. The van der Waals surface area contributed by atoms with E-state index >= 15 is 0 Å². The zero-order valence-electron chi connectivity index (χ0n) is 17.7. The molecule has 0 aliphatic heterocycles. The summed E-state index contributed by atoms with van der Waals surface area (Å²) in [6.45, 7) is 7.75. The van der Waals surface area contributed by atoms with Crippen molar-refractivity contribution in [3.05, 3.63) is 71.6 Å². The number of nitrogens with zero attached hydrogens (tertiary/aromatic N) is 3. The summed E-state index contributed by atoms with van der Waals surface area (Å²) >= 11 is 6.05. The molecule has 0 saturated heterocycles. The van der Waals surface area contributed by atoms with E-state index in [0.717, 1.165) is 16.9 Å². The molecule has 1 aromatic heterocycles. The average molecular weight is 442 g/mol. The van der Waals surface area contributed by atoms with Crippen molar-refractivity contribution in [1.82, 2.24) is 15.0 Å². The number of hydrogen-bond acceptors (Lipinski definition) is 6. The Morgan fingerprint density at radius 3 is 2.61 bits per heavy atom. The fraction of sp³-hybridized carbons (Fsp3) is 0.261. The van der Waals surface area contributed by atoms with Crippen LogP contribution >= 0.6 is 11.6 Å². The molecule has 162 valence electrons. The highest BCUT2D eigenvalue weighted by molar-refractivity contribution is 6.31. The van der Waals surface area contributed by atoms with Gasteiger partial charge in [0.15, 0.2) is 6.10 Å². The fourth-order valence-electron chi connectivity index (χ4n) is 2.93. The molecule has 7 nitrogen and oxygen atoms in total. The maximum atomic E-state index is 13.0. The maximum absolute atomic E-state index is 13.0. The van der Waals surface area contributed by atoms with E-state index in [1.54, 1.807) is 43.2 Å². The zero-order valence-corrected chi connectivity index (χ0v) is 18.4. The lowest BCUT2D eigenvalue weighted by Gasteiger charge is -2.23. The number of ether oxygens (including phenoxy) is 2. The second-order valence-corrected chi connectivity index (χ2v) is 7.33. The van der Waals surface area contributed by atoms with Crippen LogP contribution in [0.2, 0.25) is 5.02 Å². The van der Waals surface area contributed by atoms with Gasteiger partial charge in [0, 0.05) is 17.1 Å². The first-order chi connectivity index (χ1) is 14.9. The molecule has 8 heteroatoms. The van der Waals surface area contributed by atoms with Gasteiger partial charge >= 0.3 is 0 Å². The smallest absolute Gasteiger partial charge is 0.264 e. The van der Waals surface area contributed by atoms with Gasteiger partial charge in [-0.1, -0.05) is 22.8 Å². The number of carbonyl (C=O) groups is 1. The van der Waals surface area contributed by atoms with Crippen molar-refractivity contribution in [2.75, 3.05) is 13.7 Å². The average Bonchev–Trinajstić information content (AvgIpc) is 3.24. The number of carbonyl (C=O) groups excluding carboxylic acids is 1. The van der Waals surface area contributed by atoms with Crippen LogP contribution in [0.25, 0.3) is 11.4 Å². The first-order valence-corrected chi connectivity index (χ1v) is 10.1. The van der Waals surface area contributed by atoms with E-state index in [2.05, 4.69) is 16.7 Å². The lowest BCUT2D eigenvalue weighted by molar-refractivity contribution is -0.138. The van der Waals surface area contributed by atoms with Gasteiger partial charge in [0.05, 0.1) is 7.11 Å². The molecule has 0 spiro atoms. The Kier molecular flexibility index (Phi) is 7.31. The Hall–Kier alpha value is -3.32. The molecule has 2 aromatic carbocycles. The number of methoxy groups -OCH3 is 1. The Morgan fingerprint density at radius 1 is 1.26 bits per heavy atom. The highest BCUT2D eigenvalue weighted by Crippen LogP contribution is 2.23. The van der Waals surface area contributed by atoms with Crippen LogP contribution in [-0.2, 0) is 11.3 Å². The van der Waals surface area contributed by atoms with Crippen molar-refractivity contribution >= 4 is 17.5 Å². The standard InChI is InChI=1S/C23H24ClN3O4/c1-5-12-27(23(28)16(3)30-19-10-11-20(24)15(2)13-19)14-21-25-22(26-31-21)17-6-8-18(29-4)9-7-17/h5-11,13,16H,1,12,14H2,2-4H3/t16-/m0/s1. The minimum absolute atomic E-state index is 0.140. The summed E-state index contributed by atoms with van der Waals surface area (Å²) in [5.74, 6) is 1.83. The summed E-state index contributed by atoms with van der Waals surface area (Å²) in [7, 11) is 1.60. The molecule has 0 aliphatic carbocycles. The Labute approximate surface area is 186 Å². The van der Waals surface area contributed by atoms with E-state index in [1.807, 2.05) is 31.2 Å². The van der Waals surface area contributed by atoms with Crippen molar-refractivity contribution < 1.29 is 18.8 Å². The topological polar surface area (TPSA) is 77.7 Å². The van der Waals surface area contributed by atoms with E-state index in [1.165, 1.54) is 0 Å². The second-order valence-electron chi connectivity index (χ2n) is 6.92. The van der Waals surface area contributed by atoms with Gasteiger partial charge in [-0.05, 0) is 61.9 Å². The van der Waals surface area contributed by atoms with Crippen LogP contribution in [0.4, 0.5) is 0 Å². The Bertz CT molecular complexity index is 1050. The summed E-state index contributed by atoms with van der Waals surface area (Å²) in [4.78, 5) is 18.9. The summed E-state index contributed by atoms with van der Waals surface area (Å²) in [5.41, 5.74) is 1.66. The number of benzene rings is 2. The lowest BCUT2D eigenvalue weighted by Crippen LogP contribution is -2.40. The molecule has 0 N–H and O–H groups in total. The van der Waals surface area contributed by atoms with Crippen molar-refractivity contribution in [2.45, 2.75) is 26.5 Å². The van der Waals surface area contributed by atoms with E-state index in [-0.39, 0.29) is 12.5 Å². The van der Waals surface area contributed by atoms with Crippen LogP contribution in [0.3, 0.4) is 0 Å². The summed E-state index contributed by atoms with van der Waals surface area (Å²) < 4.78 is 16.3. The molecule has 3 rings (SSSR count). The third-order valence-corrected chi connectivity index (χ3v) is 5.02. The van der Waals surface area contributed by atoms with Gasteiger partial charge in [-0.3, -0.25) is 4.79 Å². The number of aryl methyl sites for hydroxylation is 1. The van der Waals surface area contributed by atoms with Gasteiger partial charge in [0.25, 0.3) is 5.91 Å². The Balaban J connectivity index is 1.69. The lowest BCUT2D eigenvalue weighted by atomic mass is 10.2. The van der Waals surface area contributed by atoms with Crippen molar-refractivity contribution in [3.63, 3.8) is 0 Å². The SMILES string of the molecule is C=CCN(Cc1nc(-c2ccc(OC)cc2)no1)C(=O)[C@H](C)Oc1ccc(Cl)c(C)c1. The molecule has 1 atom stereocenters. The molecular formula is C23H24ClN3O4. The van der Waals surface area contributed by atoms with Gasteiger partial charge in [-0.15, -0.1) is 6.58 Å². The quantitative estimate of drug-likeness (QED) is 0.448. The summed E-state index contributed by atoms with van der Waals surface area (Å²) in [6.07, 6.45) is 0.919. The van der Waals surface area contributed by atoms with Gasteiger partial charge in [-0.2, -0.15) is 4.98 Å². The second kappa shape index (κ2) is 10.1. The molecule has 1 amide bonds. The van der Waals surface area contributed by atoms with Crippen LogP contribution in [0.15, 0.2) is 59.6 Å². The molecule has 0 bridgehead atoms. The Morgan fingerprint density at radius 2 is 1.97 bits per heavy atom. The minimum Gasteiger partial charge on any atom is -0.497 e. The molecule has 31 heavy (non-hydrogen) atoms. The van der Waals surface area contributed by atoms with Crippen molar-refractivity contribution in [2.24, 2.45) is 0 Å². The maximum Gasteiger partial charge on any atom is 0.264 e. The monoisotopic (exact) mass is 441 g/mol. The molecule has 0 fully saturated rings. The van der Waals surface area contributed by atoms with Crippen LogP contribution in [-0.4, -0.2) is 40.7 Å². The highest BCUT2D eigenvalue weighted by atomic mass is 35.5. The first-order valence-electron chi connectivity index (χ1n) is 9.70. The van der Waals surface area contributed by atoms with Gasteiger partial charge in [-0.25, -0.2) is 0 Å². The molecule has 0 radical (unpaired) electrons. The van der Waals surface area contributed by atoms with E-state index in [9.17, 15) is 4.79 Å². The summed E-state index contributed by atoms with van der Waals surface area (Å²) in [6, 6.07) is 12.6. The molecule has 0 unspecified atom stereocenters. The number of halogens is 1. The summed E-state index contributed by atoms with van der Waals surface area (Å²) in [5, 5.41) is 4.65. The van der Waals surface area contributed by atoms with Crippen molar-refractivity contribution in [3.8, 4) is 22.9 Å². The number of hydrogen-bond donors (Lipinski definition) is 0. The number of aromatic nitrogens is 2. The highest BCUT2D eigenvalue weighted by Gasteiger charge is 2.24. The van der Waals surface area contributed by atoms with E-state index < -0.39 is 6.10 Å². The van der Waals surface area contributed by atoms with Crippen molar-refractivity contribution in [1.29, 1.82) is 0 Å². The fourth-order valence-corrected chi connectivity index (χ4v) is 3.05. The van der Waals surface area contributed by atoms with Crippen LogP contribution < -0.4 is 9.47 Å². The van der Waals surface area contributed by atoms with E-state index in [4.69, 9.17) is 25.6 Å². The van der Waals surface area contributed by atoms with Gasteiger partial charge in [0.2, 0.25) is 11.7 Å². The first kappa shape index (κ1) is 22.4. The zero-order chi connectivity index (χ0) is 22.4. The van der Waals surface area contributed by atoms with Gasteiger partial charge in [0.1, 0.15) is 18.0 Å². The van der Waals surface area contributed by atoms with Crippen LogP contribution in [0.1, 0.15) is 18.4 Å². The minimum atomic E-state index is -0.718. The number of amides is 1. The van der Waals surface area contributed by atoms with Crippen LogP contribution in [0, 0.1) is 6.92 Å². The number of rotatable bonds is 9. The van der Waals surface area contributed by atoms with Gasteiger partial charge < -0.3 is 18.9 Å². The molecule has 0 aliphatic rings. The van der Waals surface area contributed by atoms with Crippen LogP contribution in [0.5, 0.6) is 11.5 Å². The molecule has 1 heterocycles. The predicted molar refractivity (Wildman–Crippen MR) is 118 cm³/mol. The molecule has 3 aromatic rings. The third-order valence-electron chi connectivity index (χ3n) is 4.59. The largest absolute Gasteiger partial charge is 0.497 e. The van der Waals surface area contributed by atoms with E-state index in [0.29, 0.717) is 29.0 Å². The molecule has 0 saturated carbocycles.